The summed E-state index contributed by atoms with van der Waals surface area (Å²) < 4.78 is 5.26. The summed E-state index contributed by atoms with van der Waals surface area (Å²) in [7, 11) is 0. The SMILES string of the molecule is CCC(C#N)C1(O)COCC1(C)C. The summed E-state index contributed by atoms with van der Waals surface area (Å²) >= 11 is 0. The van der Waals surface area contributed by atoms with Crippen LogP contribution in [0.25, 0.3) is 0 Å². The Labute approximate surface area is 79.3 Å². The van der Waals surface area contributed by atoms with E-state index in [1.54, 1.807) is 0 Å². The van der Waals surface area contributed by atoms with Crippen LogP contribution in [0.4, 0.5) is 0 Å². The van der Waals surface area contributed by atoms with Crippen molar-refractivity contribution in [2.75, 3.05) is 13.2 Å². The second-order valence-electron chi connectivity index (χ2n) is 4.39. The quantitative estimate of drug-likeness (QED) is 0.702. The summed E-state index contributed by atoms with van der Waals surface area (Å²) in [5.74, 6) is -0.329. The maximum Gasteiger partial charge on any atom is 0.111 e. The number of hydrogen-bond acceptors (Lipinski definition) is 3. The van der Waals surface area contributed by atoms with Gasteiger partial charge in [-0.1, -0.05) is 20.8 Å². The number of aliphatic hydroxyl groups is 1. The second kappa shape index (κ2) is 3.28. The predicted octanol–water partition coefficient (Wildman–Crippen LogP) is 1.32. The molecule has 3 nitrogen and oxygen atoms in total. The van der Waals surface area contributed by atoms with Gasteiger partial charge in [0.05, 0.1) is 25.2 Å². The Balaban J connectivity index is 2.93. The minimum atomic E-state index is -0.976. The number of nitrogens with zero attached hydrogens (tertiary/aromatic N) is 1. The summed E-state index contributed by atoms with van der Waals surface area (Å²) in [5, 5.41) is 19.2. The maximum absolute atomic E-state index is 10.3. The molecule has 1 N–H and O–H groups in total. The van der Waals surface area contributed by atoms with Crippen LogP contribution in [-0.2, 0) is 4.74 Å². The van der Waals surface area contributed by atoms with Crippen LogP contribution in [0.3, 0.4) is 0 Å². The molecule has 1 aliphatic rings. The minimum Gasteiger partial charge on any atom is -0.385 e. The second-order valence-corrected chi connectivity index (χ2v) is 4.39. The van der Waals surface area contributed by atoms with E-state index in [2.05, 4.69) is 6.07 Å². The van der Waals surface area contributed by atoms with E-state index in [1.165, 1.54) is 0 Å². The molecule has 0 aromatic carbocycles. The molecule has 0 saturated carbocycles. The van der Waals surface area contributed by atoms with Crippen LogP contribution < -0.4 is 0 Å². The summed E-state index contributed by atoms with van der Waals surface area (Å²) in [4.78, 5) is 0. The molecule has 0 aliphatic carbocycles. The molecular formula is C10H17NO2. The third-order valence-corrected chi connectivity index (χ3v) is 3.10. The minimum absolute atomic E-state index is 0.284. The standard InChI is InChI=1S/C10H17NO2/c1-4-8(5-11)10(12)7-13-6-9(10,2)3/h8,12H,4,6-7H2,1-3H3. The summed E-state index contributed by atoms with van der Waals surface area (Å²) in [5.41, 5.74) is -1.29. The topological polar surface area (TPSA) is 53.2 Å². The third-order valence-electron chi connectivity index (χ3n) is 3.10. The van der Waals surface area contributed by atoms with Gasteiger partial charge in [-0.05, 0) is 6.42 Å². The van der Waals surface area contributed by atoms with Crippen molar-refractivity contribution in [2.45, 2.75) is 32.8 Å². The normalized spacial score (nSPS) is 34.1. The lowest BCUT2D eigenvalue weighted by Gasteiger charge is -2.37. The molecule has 1 fully saturated rings. The van der Waals surface area contributed by atoms with Crippen molar-refractivity contribution < 1.29 is 9.84 Å². The molecule has 1 aliphatic heterocycles. The van der Waals surface area contributed by atoms with Crippen LogP contribution in [-0.4, -0.2) is 23.9 Å². The van der Waals surface area contributed by atoms with Gasteiger partial charge in [0.1, 0.15) is 5.60 Å². The molecule has 0 bridgehead atoms. The van der Waals surface area contributed by atoms with Crippen molar-refractivity contribution in [3.63, 3.8) is 0 Å². The highest BCUT2D eigenvalue weighted by atomic mass is 16.5. The molecule has 74 valence electrons. The van der Waals surface area contributed by atoms with Gasteiger partial charge < -0.3 is 9.84 Å². The van der Waals surface area contributed by atoms with Crippen molar-refractivity contribution in [1.29, 1.82) is 5.26 Å². The molecule has 0 aromatic heterocycles. The molecular weight excluding hydrogens is 166 g/mol. The van der Waals surface area contributed by atoms with E-state index < -0.39 is 5.60 Å². The monoisotopic (exact) mass is 183 g/mol. The molecule has 1 rings (SSSR count). The first-order valence-electron chi connectivity index (χ1n) is 4.67. The van der Waals surface area contributed by atoms with E-state index in [0.29, 0.717) is 13.0 Å². The van der Waals surface area contributed by atoms with E-state index in [-0.39, 0.29) is 17.9 Å². The Kier molecular flexibility index (Phi) is 2.65. The molecule has 3 heteroatoms. The van der Waals surface area contributed by atoms with Crippen molar-refractivity contribution in [2.24, 2.45) is 11.3 Å². The van der Waals surface area contributed by atoms with E-state index in [4.69, 9.17) is 10.00 Å². The van der Waals surface area contributed by atoms with E-state index in [9.17, 15) is 5.11 Å². The Bertz CT molecular complexity index is 232. The zero-order valence-corrected chi connectivity index (χ0v) is 8.50. The molecule has 2 unspecified atom stereocenters. The van der Waals surface area contributed by atoms with Crippen LogP contribution in [0.5, 0.6) is 0 Å². The average molecular weight is 183 g/mol. The molecule has 13 heavy (non-hydrogen) atoms. The highest BCUT2D eigenvalue weighted by Gasteiger charge is 2.53. The Morgan fingerprint density at radius 2 is 2.15 bits per heavy atom. The highest BCUT2D eigenvalue weighted by Crippen LogP contribution is 2.43. The molecule has 0 aromatic rings. The molecule has 2 atom stereocenters. The fourth-order valence-electron chi connectivity index (χ4n) is 1.89. The first kappa shape index (κ1) is 10.5. The number of hydrogen-bond donors (Lipinski definition) is 1. The van der Waals surface area contributed by atoms with E-state index in [1.807, 2.05) is 20.8 Å². The van der Waals surface area contributed by atoms with Crippen LogP contribution in [0.1, 0.15) is 27.2 Å². The fraction of sp³-hybridized carbons (Fsp3) is 0.900. The lowest BCUT2D eigenvalue weighted by atomic mass is 9.70. The van der Waals surface area contributed by atoms with E-state index >= 15 is 0 Å². The van der Waals surface area contributed by atoms with Gasteiger partial charge in [0.25, 0.3) is 0 Å². The van der Waals surface area contributed by atoms with Crippen molar-refractivity contribution in [1.82, 2.24) is 0 Å². The lowest BCUT2D eigenvalue weighted by molar-refractivity contribution is -0.0657. The van der Waals surface area contributed by atoms with Gasteiger partial charge in [0, 0.05) is 5.41 Å². The first-order chi connectivity index (χ1) is 5.98. The van der Waals surface area contributed by atoms with Gasteiger partial charge >= 0.3 is 0 Å². The smallest absolute Gasteiger partial charge is 0.111 e. The van der Waals surface area contributed by atoms with Crippen LogP contribution in [0, 0.1) is 22.7 Å². The average Bonchev–Trinajstić information content (AvgIpc) is 2.30. The summed E-state index contributed by atoms with van der Waals surface area (Å²) in [6.07, 6.45) is 0.666. The number of rotatable bonds is 2. The molecule has 0 amide bonds. The molecule has 1 saturated heterocycles. The third kappa shape index (κ3) is 1.45. The fourth-order valence-corrected chi connectivity index (χ4v) is 1.89. The summed E-state index contributed by atoms with van der Waals surface area (Å²) in [6, 6.07) is 2.16. The molecule has 0 spiro atoms. The Hall–Kier alpha value is -0.590. The number of nitriles is 1. The number of ether oxygens (including phenoxy) is 1. The Morgan fingerprint density at radius 1 is 1.54 bits per heavy atom. The highest BCUT2D eigenvalue weighted by molar-refractivity contribution is 5.08. The first-order valence-corrected chi connectivity index (χ1v) is 4.67. The zero-order chi connectivity index (χ0) is 10.1. The van der Waals surface area contributed by atoms with Crippen molar-refractivity contribution in [3.05, 3.63) is 0 Å². The predicted molar refractivity (Wildman–Crippen MR) is 48.9 cm³/mol. The zero-order valence-electron chi connectivity index (χ0n) is 8.50. The summed E-state index contributed by atoms with van der Waals surface area (Å²) in [6.45, 7) is 6.62. The van der Waals surface area contributed by atoms with Gasteiger partial charge in [0.2, 0.25) is 0 Å². The van der Waals surface area contributed by atoms with Crippen molar-refractivity contribution >= 4 is 0 Å². The largest absolute Gasteiger partial charge is 0.385 e. The van der Waals surface area contributed by atoms with Gasteiger partial charge in [-0.2, -0.15) is 5.26 Å². The van der Waals surface area contributed by atoms with Crippen LogP contribution in [0.2, 0.25) is 0 Å². The van der Waals surface area contributed by atoms with Crippen LogP contribution >= 0.6 is 0 Å². The lowest BCUT2D eigenvalue weighted by Crippen LogP contribution is -2.49. The van der Waals surface area contributed by atoms with Gasteiger partial charge in [-0.25, -0.2) is 0 Å². The Morgan fingerprint density at radius 3 is 2.46 bits per heavy atom. The molecule has 1 heterocycles. The molecule has 0 radical (unpaired) electrons. The van der Waals surface area contributed by atoms with Gasteiger partial charge in [-0.3, -0.25) is 0 Å². The van der Waals surface area contributed by atoms with Gasteiger partial charge in [-0.15, -0.1) is 0 Å². The van der Waals surface area contributed by atoms with E-state index in [0.717, 1.165) is 0 Å². The van der Waals surface area contributed by atoms with Gasteiger partial charge in [0.15, 0.2) is 0 Å². The maximum atomic E-state index is 10.3. The van der Waals surface area contributed by atoms with Crippen molar-refractivity contribution in [3.8, 4) is 6.07 Å². The van der Waals surface area contributed by atoms with Crippen LogP contribution in [0.15, 0.2) is 0 Å².